The van der Waals surface area contributed by atoms with Crippen molar-refractivity contribution in [3.05, 3.63) is 65.5 Å². The van der Waals surface area contributed by atoms with Gasteiger partial charge in [-0.2, -0.15) is 22.0 Å². The first-order valence-electron chi connectivity index (χ1n) is 6.25. The molecule has 0 aliphatic heterocycles. The molecule has 2 rings (SSSR count). The number of hydrogen-bond donors (Lipinski definition) is 1. The zero-order valence-corrected chi connectivity index (χ0v) is 11.4. The molecule has 22 heavy (non-hydrogen) atoms. The molecule has 1 N–H and O–H groups in total. The van der Waals surface area contributed by atoms with Crippen molar-refractivity contribution in [3.8, 4) is 0 Å². The maximum absolute atomic E-state index is 14.1. The first-order chi connectivity index (χ1) is 10.1. The molecule has 1 unspecified atom stereocenters. The molecule has 1 aromatic heterocycles. The SMILES string of the molecule is Cc1cccc(C(O)(c2ccncc2)C(F)(F)C(F)(F)F)c1. The van der Waals surface area contributed by atoms with Gasteiger partial charge >= 0.3 is 12.1 Å². The molecule has 0 saturated heterocycles. The molecule has 0 bridgehead atoms. The van der Waals surface area contributed by atoms with E-state index in [1.807, 2.05) is 0 Å². The van der Waals surface area contributed by atoms with E-state index in [4.69, 9.17) is 0 Å². The van der Waals surface area contributed by atoms with Crippen LogP contribution in [0.3, 0.4) is 0 Å². The largest absolute Gasteiger partial charge is 0.457 e. The molecule has 0 saturated carbocycles. The van der Waals surface area contributed by atoms with Crippen molar-refractivity contribution in [2.75, 3.05) is 0 Å². The third-order valence-electron chi connectivity index (χ3n) is 3.34. The van der Waals surface area contributed by atoms with Crippen LogP contribution in [-0.4, -0.2) is 22.2 Å². The Kier molecular flexibility index (Phi) is 3.95. The number of hydrogen-bond acceptors (Lipinski definition) is 2. The summed E-state index contributed by atoms with van der Waals surface area (Å²) < 4.78 is 66.8. The summed E-state index contributed by atoms with van der Waals surface area (Å²) in [6.45, 7) is 1.53. The van der Waals surface area contributed by atoms with Crippen LogP contribution >= 0.6 is 0 Å². The van der Waals surface area contributed by atoms with Crippen LogP contribution in [0.15, 0.2) is 48.8 Å². The lowest BCUT2D eigenvalue weighted by Gasteiger charge is -2.37. The van der Waals surface area contributed by atoms with Crippen LogP contribution in [0.2, 0.25) is 0 Å². The molecule has 2 aromatic rings. The number of nitrogens with zero attached hydrogens (tertiary/aromatic N) is 1. The monoisotopic (exact) mass is 317 g/mol. The van der Waals surface area contributed by atoms with Crippen molar-refractivity contribution in [1.82, 2.24) is 4.98 Å². The molecule has 2 nitrogen and oxygen atoms in total. The topological polar surface area (TPSA) is 33.1 Å². The summed E-state index contributed by atoms with van der Waals surface area (Å²) in [6.07, 6.45) is -3.83. The van der Waals surface area contributed by atoms with Crippen LogP contribution in [0.4, 0.5) is 22.0 Å². The minimum Gasteiger partial charge on any atom is -0.374 e. The molecule has 0 spiro atoms. The average molecular weight is 317 g/mol. The normalized spacial score (nSPS) is 15.4. The van der Waals surface area contributed by atoms with E-state index < -0.39 is 28.8 Å². The van der Waals surface area contributed by atoms with E-state index in [2.05, 4.69) is 4.98 Å². The summed E-state index contributed by atoms with van der Waals surface area (Å²) in [6, 6.07) is 6.84. The van der Waals surface area contributed by atoms with E-state index in [1.165, 1.54) is 19.1 Å². The molecule has 0 fully saturated rings. The molecule has 0 amide bonds. The van der Waals surface area contributed by atoms with E-state index in [0.29, 0.717) is 5.56 Å². The zero-order valence-electron chi connectivity index (χ0n) is 11.4. The van der Waals surface area contributed by atoms with Crippen LogP contribution in [0, 0.1) is 6.92 Å². The molecule has 0 radical (unpaired) electrons. The molecule has 0 aliphatic rings. The highest BCUT2D eigenvalue weighted by Crippen LogP contribution is 2.51. The molecule has 1 heterocycles. The summed E-state index contributed by atoms with van der Waals surface area (Å²) in [4.78, 5) is 3.58. The van der Waals surface area contributed by atoms with Crippen molar-refractivity contribution in [3.63, 3.8) is 0 Å². The van der Waals surface area contributed by atoms with E-state index in [-0.39, 0.29) is 0 Å². The summed E-state index contributed by atoms with van der Waals surface area (Å²) in [7, 11) is 0. The Morgan fingerprint density at radius 1 is 0.909 bits per heavy atom. The third-order valence-corrected chi connectivity index (χ3v) is 3.34. The minimum atomic E-state index is -5.92. The Bertz CT molecular complexity index is 656. The fourth-order valence-electron chi connectivity index (χ4n) is 2.20. The molecule has 1 atom stereocenters. The molecule has 118 valence electrons. The Balaban J connectivity index is 2.76. The molecule has 0 aliphatic carbocycles. The summed E-state index contributed by atoms with van der Waals surface area (Å²) in [5.41, 5.74) is -4.22. The fraction of sp³-hybridized carbons (Fsp3) is 0.267. The highest BCUT2D eigenvalue weighted by Gasteiger charge is 2.71. The Labute approximate surface area is 123 Å². The number of rotatable bonds is 3. The average Bonchev–Trinajstić information content (AvgIpc) is 2.46. The first kappa shape index (κ1) is 16.4. The van der Waals surface area contributed by atoms with Gasteiger partial charge in [0.25, 0.3) is 0 Å². The standard InChI is InChI=1S/C15H12F5NO/c1-10-3-2-4-12(9-10)13(22,11-5-7-21-8-6-11)14(16,17)15(18,19)20/h2-9,22H,1H3. The minimum absolute atomic E-state index is 0.447. The molecular weight excluding hydrogens is 305 g/mol. The predicted molar refractivity (Wildman–Crippen MR) is 69.4 cm³/mol. The van der Waals surface area contributed by atoms with Gasteiger partial charge in [0, 0.05) is 12.4 Å². The van der Waals surface area contributed by atoms with Crippen molar-refractivity contribution in [2.45, 2.75) is 24.6 Å². The lowest BCUT2D eigenvalue weighted by molar-refractivity contribution is -0.336. The lowest BCUT2D eigenvalue weighted by atomic mass is 9.80. The van der Waals surface area contributed by atoms with E-state index in [0.717, 1.165) is 36.7 Å². The second kappa shape index (κ2) is 5.31. The van der Waals surface area contributed by atoms with Crippen LogP contribution in [0.5, 0.6) is 0 Å². The third kappa shape index (κ3) is 2.45. The Morgan fingerprint density at radius 2 is 1.50 bits per heavy atom. The maximum atomic E-state index is 14.1. The number of benzene rings is 1. The molecule has 7 heteroatoms. The highest BCUT2D eigenvalue weighted by molar-refractivity contribution is 5.40. The summed E-state index contributed by atoms with van der Waals surface area (Å²) >= 11 is 0. The number of halogens is 5. The number of pyridine rings is 1. The van der Waals surface area contributed by atoms with Gasteiger partial charge in [0.2, 0.25) is 0 Å². The van der Waals surface area contributed by atoms with Crippen LogP contribution in [0.1, 0.15) is 16.7 Å². The van der Waals surface area contributed by atoms with Crippen molar-refractivity contribution < 1.29 is 27.1 Å². The number of aromatic nitrogens is 1. The van der Waals surface area contributed by atoms with Gasteiger partial charge in [-0.05, 0) is 30.2 Å². The highest BCUT2D eigenvalue weighted by atomic mass is 19.4. The van der Waals surface area contributed by atoms with Gasteiger partial charge in [0.05, 0.1) is 0 Å². The second-order valence-electron chi connectivity index (χ2n) is 4.89. The van der Waals surface area contributed by atoms with Gasteiger partial charge < -0.3 is 5.11 Å². The maximum Gasteiger partial charge on any atom is 0.457 e. The van der Waals surface area contributed by atoms with E-state index >= 15 is 0 Å². The summed E-state index contributed by atoms with van der Waals surface area (Å²) in [5, 5.41) is 10.4. The smallest absolute Gasteiger partial charge is 0.374 e. The van der Waals surface area contributed by atoms with Crippen molar-refractivity contribution in [1.29, 1.82) is 0 Å². The molecular formula is C15H12F5NO. The second-order valence-corrected chi connectivity index (χ2v) is 4.89. The van der Waals surface area contributed by atoms with E-state index in [1.54, 1.807) is 0 Å². The number of aryl methyl sites for hydroxylation is 1. The van der Waals surface area contributed by atoms with Crippen molar-refractivity contribution >= 4 is 0 Å². The van der Waals surface area contributed by atoms with Gasteiger partial charge in [-0.15, -0.1) is 0 Å². The Hall–Kier alpha value is -2.02. The number of alkyl halides is 5. The van der Waals surface area contributed by atoms with Crippen LogP contribution in [-0.2, 0) is 5.60 Å². The van der Waals surface area contributed by atoms with Crippen LogP contribution < -0.4 is 0 Å². The van der Waals surface area contributed by atoms with Gasteiger partial charge in [0.15, 0.2) is 5.60 Å². The Morgan fingerprint density at radius 3 is 2.00 bits per heavy atom. The van der Waals surface area contributed by atoms with Crippen LogP contribution in [0.25, 0.3) is 0 Å². The molecule has 1 aromatic carbocycles. The summed E-state index contributed by atoms with van der Waals surface area (Å²) in [5.74, 6) is -5.38. The number of aliphatic hydroxyl groups is 1. The van der Waals surface area contributed by atoms with Gasteiger partial charge in [-0.3, -0.25) is 4.98 Å². The van der Waals surface area contributed by atoms with E-state index in [9.17, 15) is 27.1 Å². The zero-order chi connectivity index (χ0) is 16.6. The van der Waals surface area contributed by atoms with Gasteiger partial charge in [-0.1, -0.05) is 29.8 Å². The van der Waals surface area contributed by atoms with Crippen molar-refractivity contribution in [2.24, 2.45) is 0 Å². The van der Waals surface area contributed by atoms with Gasteiger partial charge in [0.1, 0.15) is 0 Å². The predicted octanol–water partition coefficient (Wildman–Crippen LogP) is 3.82. The van der Waals surface area contributed by atoms with Gasteiger partial charge in [-0.25, -0.2) is 0 Å². The lowest BCUT2D eigenvalue weighted by Crippen LogP contribution is -2.55. The quantitative estimate of drug-likeness (QED) is 0.873. The first-order valence-corrected chi connectivity index (χ1v) is 6.25. The fourth-order valence-corrected chi connectivity index (χ4v) is 2.20.